The summed E-state index contributed by atoms with van der Waals surface area (Å²) in [5.41, 5.74) is -0.762. The topological polar surface area (TPSA) is 25.4 Å². The molecule has 2 heterocycles. The molecule has 1 aromatic rings. The Morgan fingerprint density at radius 2 is 2.05 bits per heavy atom. The van der Waals surface area contributed by atoms with E-state index < -0.39 is 11.7 Å². The van der Waals surface area contributed by atoms with E-state index in [2.05, 4.69) is 16.5 Å². The van der Waals surface area contributed by atoms with Gasteiger partial charge in [0.1, 0.15) is 6.10 Å². The summed E-state index contributed by atoms with van der Waals surface area (Å²) in [6, 6.07) is 2.29. The molecule has 1 atom stereocenters. The average molecular weight is 314 g/mol. The van der Waals surface area contributed by atoms with E-state index in [0.717, 1.165) is 44.7 Å². The van der Waals surface area contributed by atoms with Gasteiger partial charge >= 0.3 is 6.18 Å². The lowest BCUT2D eigenvalue weighted by molar-refractivity contribution is -0.137. The highest BCUT2D eigenvalue weighted by Gasteiger charge is 2.30. The molecule has 0 aromatic carbocycles. The first-order valence-electron chi connectivity index (χ1n) is 7.52. The lowest BCUT2D eigenvalue weighted by Gasteiger charge is -2.23. The highest BCUT2D eigenvalue weighted by Crippen LogP contribution is 2.29. The monoisotopic (exact) mass is 314 g/mol. The Morgan fingerprint density at radius 3 is 2.59 bits per heavy atom. The number of aromatic nitrogens is 1. The molecule has 22 heavy (non-hydrogen) atoms. The lowest BCUT2D eigenvalue weighted by Crippen LogP contribution is -2.34. The van der Waals surface area contributed by atoms with Crippen LogP contribution in [0.3, 0.4) is 0 Å². The van der Waals surface area contributed by atoms with E-state index in [1.807, 2.05) is 6.08 Å². The highest BCUT2D eigenvalue weighted by molar-refractivity contribution is 5.20. The third-order valence-corrected chi connectivity index (χ3v) is 3.70. The normalized spacial score (nSPS) is 17.4. The maximum Gasteiger partial charge on any atom is 0.417 e. The zero-order valence-electron chi connectivity index (χ0n) is 12.5. The van der Waals surface area contributed by atoms with Gasteiger partial charge in [-0.25, -0.2) is 4.98 Å². The number of hydrogen-bond acceptors (Lipinski definition) is 3. The van der Waals surface area contributed by atoms with Crippen LogP contribution < -0.4 is 4.74 Å². The van der Waals surface area contributed by atoms with Crippen molar-refractivity contribution in [2.75, 3.05) is 19.6 Å². The fourth-order valence-electron chi connectivity index (χ4n) is 2.53. The largest absolute Gasteiger partial charge is 0.473 e. The smallest absolute Gasteiger partial charge is 0.417 e. The van der Waals surface area contributed by atoms with E-state index in [1.54, 1.807) is 0 Å². The molecule has 0 bridgehead atoms. The van der Waals surface area contributed by atoms with Gasteiger partial charge in [0, 0.05) is 18.8 Å². The van der Waals surface area contributed by atoms with E-state index in [4.69, 9.17) is 4.74 Å². The minimum absolute atomic E-state index is 0.0830. The van der Waals surface area contributed by atoms with Gasteiger partial charge in [0.05, 0.1) is 5.56 Å². The van der Waals surface area contributed by atoms with Gasteiger partial charge in [-0.2, -0.15) is 13.2 Å². The van der Waals surface area contributed by atoms with Crippen molar-refractivity contribution in [3.63, 3.8) is 0 Å². The van der Waals surface area contributed by atoms with Crippen molar-refractivity contribution in [1.29, 1.82) is 0 Å². The first kappa shape index (κ1) is 16.8. The maximum absolute atomic E-state index is 12.5. The lowest BCUT2D eigenvalue weighted by atomic mass is 10.2. The molecule has 0 aliphatic carbocycles. The van der Waals surface area contributed by atoms with E-state index in [1.165, 1.54) is 18.9 Å². The van der Waals surface area contributed by atoms with E-state index in [0.29, 0.717) is 0 Å². The summed E-state index contributed by atoms with van der Waals surface area (Å²) in [7, 11) is 0. The molecule has 122 valence electrons. The number of likely N-dealkylation sites (tertiary alicyclic amines) is 1. The van der Waals surface area contributed by atoms with Gasteiger partial charge in [-0.15, -0.1) is 6.58 Å². The predicted octanol–water partition coefficient (Wildman–Crippen LogP) is 3.91. The van der Waals surface area contributed by atoms with Gasteiger partial charge in [0.25, 0.3) is 0 Å². The van der Waals surface area contributed by atoms with E-state index in [9.17, 15) is 13.2 Å². The summed E-state index contributed by atoms with van der Waals surface area (Å²) in [5.74, 6) is 0.237. The van der Waals surface area contributed by atoms with Crippen LogP contribution in [0.5, 0.6) is 5.88 Å². The maximum atomic E-state index is 12.5. The minimum atomic E-state index is -4.37. The van der Waals surface area contributed by atoms with Crippen LogP contribution in [0.4, 0.5) is 13.2 Å². The summed E-state index contributed by atoms with van der Waals surface area (Å²) in [6.07, 6.45) is 2.14. The second-order valence-corrected chi connectivity index (χ2v) is 5.50. The molecule has 1 aromatic heterocycles. The quantitative estimate of drug-likeness (QED) is 0.714. The van der Waals surface area contributed by atoms with Gasteiger partial charge in [-0.1, -0.05) is 6.08 Å². The molecule has 0 saturated carbocycles. The number of hydrogen-bond donors (Lipinski definition) is 0. The Kier molecular flexibility index (Phi) is 5.83. The van der Waals surface area contributed by atoms with Crippen molar-refractivity contribution in [1.82, 2.24) is 9.88 Å². The fraction of sp³-hybridized carbons (Fsp3) is 0.562. The number of rotatable bonds is 7. The van der Waals surface area contributed by atoms with Gasteiger partial charge in [-0.05, 0) is 44.8 Å². The molecular formula is C16H21F3N2O. The van der Waals surface area contributed by atoms with E-state index >= 15 is 0 Å². The molecule has 1 fully saturated rings. The number of nitrogens with zero attached hydrogens (tertiary/aromatic N) is 2. The van der Waals surface area contributed by atoms with Gasteiger partial charge in [-0.3, -0.25) is 4.90 Å². The molecule has 6 heteroatoms. The minimum Gasteiger partial charge on any atom is -0.473 e. The number of pyridine rings is 1. The molecule has 0 amide bonds. The summed E-state index contributed by atoms with van der Waals surface area (Å²) >= 11 is 0. The zero-order chi connectivity index (χ0) is 16.0. The summed E-state index contributed by atoms with van der Waals surface area (Å²) in [5, 5.41) is 0. The average Bonchev–Trinajstić information content (AvgIpc) is 2.97. The Morgan fingerprint density at radius 1 is 1.32 bits per heavy atom. The summed E-state index contributed by atoms with van der Waals surface area (Å²) in [4.78, 5) is 6.10. The first-order chi connectivity index (χ1) is 10.5. The van der Waals surface area contributed by atoms with Crippen LogP contribution in [0.2, 0.25) is 0 Å². The molecule has 2 rings (SSSR count). The van der Waals surface area contributed by atoms with Crippen LogP contribution in [0.25, 0.3) is 0 Å². The number of allylic oxidation sites excluding steroid dienone is 1. The predicted molar refractivity (Wildman–Crippen MR) is 78.8 cm³/mol. The molecule has 0 spiro atoms. The van der Waals surface area contributed by atoms with Crippen molar-refractivity contribution >= 4 is 0 Å². The molecule has 3 nitrogen and oxygen atoms in total. The second-order valence-electron chi connectivity index (χ2n) is 5.50. The fourth-order valence-corrected chi connectivity index (χ4v) is 2.53. The molecule has 1 saturated heterocycles. The molecule has 0 N–H and O–H groups in total. The van der Waals surface area contributed by atoms with Crippen LogP contribution in [-0.2, 0) is 6.18 Å². The molecular weight excluding hydrogens is 293 g/mol. The van der Waals surface area contributed by atoms with Crippen LogP contribution in [0.1, 0.15) is 31.2 Å². The van der Waals surface area contributed by atoms with Gasteiger partial charge < -0.3 is 4.74 Å². The van der Waals surface area contributed by atoms with Crippen molar-refractivity contribution in [2.45, 2.75) is 38.0 Å². The van der Waals surface area contributed by atoms with Gasteiger partial charge in [0.2, 0.25) is 5.88 Å². The third kappa shape index (κ3) is 5.02. The van der Waals surface area contributed by atoms with Gasteiger partial charge in [0.15, 0.2) is 0 Å². The number of alkyl halides is 3. The Hall–Kier alpha value is -1.56. The Labute approximate surface area is 128 Å². The summed E-state index contributed by atoms with van der Waals surface area (Å²) < 4.78 is 43.3. The van der Waals surface area contributed by atoms with Crippen molar-refractivity contribution < 1.29 is 17.9 Å². The first-order valence-corrected chi connectivity index (χ1v) is 7.52. The number of halogens is 3. The third-order valence-electron chi connectivity index (χ3n) is 3.70. The van der Waals surface area contributed by atoms with Crippen molar-refractivity contribution in [3.8, 4) is 5.88 Å². The molecule has 1 aliphatic heterocycles. The Bertz CT molecular complexity index is 467. The van der Waals surface area contributed by atoms with E-state index in [-0.39, 0.29) is 12.0 Å². The SMILES string of the molecule is C=CCC[C@H](CN1CCCC1)Oc1ccc(C(F)(F)F)cn1. The highest BCUT2D eigenvalue weighted by atomic mass is 19.4. The van der Waals surface area contributed by atoms with Crippen LogP contribution in [-0.4, -0.2) is 35.6 Å². The molecule has 0 radical (unpaired) electrons. The van der Waals surface area contributed by atoms with Crippen LogP contribution >= 0.6 is 0 Å². The number of ether oxygens (including phenoxy) is 1. The molecule has 0 unspecified atom stereocenters. The Balaban J connectivity index is 1.97. The van der Waals surface area contributed by atoms with Crippen molar-refractivity contribution in [3.05, 3.63) is 36.5 Å². The van der Waals surface area contributed by atoms with Crippen molar-refractivity contribution in [2.24, 2.45) is 0 Å². The molecule has 1 aliphatic rings. The summed E-state index contributed by atoms with van der Waals surface area (Å²) in [6.45, 7) is 6.57. The standard InChI is InChI=1S/C16H21F3N2O/c1-2-3-6-14(12-21-9-4-5-10-21)22-15-8-7-13(11-20-15)16(17,18)19/h2,7-8,11,14H,1,3-6,9-10,12H2/t14-/m1/s1. The van der Waals surface area contributed by atoms with Crippen LogP contribution in [0.15, 0.2) is 31.0 Å². The van der Waals surface area contributed by atoms with Crippen LogP contribution in [0, 0.1) is 0 Å². The second kappa shape index (κ2) is 7.63. The zero-order valence-corrected chi connectivity index (χ0v) is 12.5.